The topological polar surface area (TPSA) is 44.3 Å². The number of hydrogen-bond donors (Lipinski definition) is 3. The molecule has 0 radical (unpaired) electrons. The Morgan fingerprint density at radius 2 is 1.50 bits per heavy atom. The SMILES string of the molecule is CC(C)Nc1ccc(Nc2ccccc2O)cc1. The summed E-state index contributed by atoms with van der Waals surface area (Å²) in [7, 11) is 0. The second-order valence-electron chi connectivity index (χ2n) is 4.52. The van der Waals surface area contributed by atoms with Crippen LogP contribution in [0.25, 0.3) is 0 Å². The van der Waals surface area contributed by atoms with Gasteiger partial charge in [-0.25, -0.2) is 0 Å². The van der Waals surface area contributed by atoms with Gasteiger partial charge in [0.15, 0.2) is 0 Å². The molecule has 0 amide bonds. The molecule has 0 heterocycles. The zero-order valence-corrected chi connectivity index (χ0v) is 10.6. The van der Waals surface area contributed by atoms with Crippen LogP contribution in [0, 0.1) is 0 Å². The van der Waals surface area contributed by atoms with E-state index in [0.717, 1.165) is 11.4 Å². The summed E-state index contributed by atoms with van der Waals surface area (Å²) in [6.07, 6.45) is 0. The van der Waals surface area contributed by atoms with E-state index < -0.39 is 0 Å². The Morgan fingerprint density at radius 3 is 2.11 bits per heavy atom. The van der Waals surface area contributed by atoms with Crippen LogP contribution in [0.5, 0.6) is 5.75 Å². The van der Waals surface area contributed by atoms with Crippen LogP contribution < -0.4 is 10.6 Å². The monoisotopic (exact) mass is 242 g/mol. The highest BCUT2D eigenvalue weighted by Crippen LogP contribution is 2.26. The lowest BCUT2D eigenvalue weighted by Crippen LogP contribution is -2.09. The van der Waals surface area contributed by atoms with E-state index in [9.17, 15) is 5.11 Å². The number of para-hydroxylation sites is 2. The molecule has 0 aliphatic carbocycles. The summed E-state index contributed by atoms with van der Waals surface area (Å²) in [5.41, 5.74) is 2.75. The first kappa shape index (κ1) is 12.3. The Hall–Kier alpha value is -2.16. The van der Waals surface area contributed by atoms with Gasteiger partial charge in [-0.15, -0.1) is 0 Å². The van der Waals surface area contributed by atoms with Gasteiger partial charge in [0.1, 0.15) is 5.75 Å². The Kier molecular flexibility index (Phi) is 3.72. The fourth-order valence-electron chi connectivity index (χ4n) is 1.72. The maximum absolute atomic E-state index is 9.67. The van der Waals surface area contributed by atoms with Crippen molar-refractivity contribution in [3.8, 4) is 5.75 Å². The molecule has 0 fully saturated rings. The quantitative estimate of drug-likeness (QED) is 0.711. The average molecular weight is 242 g/mol. The minimum atomic E-state index is 0.252. The molecule has 2 rings (SSSR count). The predicted molar refractivity (Wildman–Crippen MR) is 76.6 cm³/mol. The van der Waals surface area contributed by atoms with Crippen LogP contribution in [0.4, 0.5) is 17.1 Å². The van der Waals surface area contributed by atoms with E-state index >= 15 is 0 Å². The second-order valence-corrected chi connectivity index (χ2v) is 4.52. The summed E-state index contributed by atoms with van der Waals surface area (Å²) in [6.45, 7) is 4.21. The molecule has 0 aliphatic heterocycles. The van der Waals surface area contributed by atoms with Gasteiger partial charge in [-0.1, -0.05) is 12.1 Å². The summed E-state index contributed by atoms with van der Waals surface area (Å²) < 4.78 is 0. The Bertz CT molecular complexity index is 506. The van der Waals surface area contributed by atoms with Crippen LogP contribution in [-0.4, -0.2) is 11.1 Å². The molecule has 0 aromatic heterocycles. The van der Waals surface area contributed by atoms with Gasteiger partial charge < -0.3 is 15.7 Å². The molecule has 2 aromatic rings. The summed E-state index contributed by atoms with van der Waals surface area (Å²) >= 11 is 0. The summed E-state index contributed by atoms with van der Waals surface area (Å²) in [5.74, 6) is 0.252. The van der Waals surface area contributed by atoms with Gasteiger partial charge in [0, 0.05) is 17.4 Å². The van der Waals surface area contributed by atoms with Crippen LogP contribution in [0.3, 0.4) is 0 Å². The van der Waals surface area contributed by atoms with Crippen LogP contribution in [0.1, 0.15) is 13.8 Å². The van der Waals surface area contributed by atoms with Crippen LogP contribution in [-0.2, 0) is 0 Å². The minimum absolute atomic E-state index is 0.252. The Labute approximate surface area is 107 Å². The van der Waals surface area contributed by atoms with Gasteiger partial charge in [0.2, 0.25) is 0 Å². The summed E-state index contributed by atoms with van der Waals surface area (Å²) in [6, 6.07) is 15.6. The predicted octanol–water partition coefficient (Wildman–Crippen LogP) is 3.96. The van der Waals surface area contributed by atoms with Crippen LogP contribution in [0.15, 0.2) is 48.5 Å². The highest BCUT2D eigenvalue weighted by Gasteiger charge is 2.00. The molecule has 0 spiro atoms. The molecule has 0 atom stereocenters. The van der Waals surface area contributed by atoms with Crippen molar-refractivity contribution in [2.24, 2.45) is 0 Å². The van der Waals surface area contributed by atoms with Crippen molar-refractivity contribution >= 4 is 17.1 Å². The van der Waals surface area contributed by atoms with Crippen molar-refractivity contribution in [1.82, 2.24) is 0 Å². The lowest BCUT2D eigenvalue weighted by molar-refractivity contribution is 0.478. The number of hydrogen-bond acceptors (Lipinski definition) is 3. The number of phenolic OH excluding ortho intramolecular Hbond substituents is 1. The third-order valence-electron chi connectivity index (χ3n) is 2.52. The van der Waals surface area contributed by atoms with E-state index in [1.807, 2.05) is 36.4 Å². The smallest absolute Gasteiger partial charge is 0.139 e. The number of nitrogens with one attached hydrogen (secondary N) is 2. The standard InChI is InChI=1S/C15H18N2O/c1-11(2)16-12-7-9-13(10-8-12)17-14-5-3-4-6-15(14)18/h3-11,16-18H,1-2H3. The number of aromatic hydroxyl groups is 1. The van der Waals surface area contributed by atoms with E-state index in [0.29, 0.717) is 11.7 Å². The lowest BCUT2D eigenvalue weighted by atomic mass is 10.2. The first-order valence-electron chi connectivity index (χ1n) is 6.07. The van der Waals surface area contributed by atoms with E-state index in [1.54, 1.807) is 12.1 Å². The Balaban J connectivity index is 2.09. The minimum Gasteiger partial charge on any atom is -0.506 e. The van der Waals surface area contributed by atoms with Gasteiger partial charge in [-0.3, -0.25) is 0 Å². The highest BCUT2D eigenvalue weighted by atomic mass is 16.3. The van der Waals surface area contributed by atoms with E-state index in [1.165, 1.54) is 0 Å². The molecule has 0 aliphatic rings. The summed E-state index contributed by atoms with van der Waals surface area (Å²) in [5, 5.41) is 16.2. The molecule has 0 unspecified atom stereocenters. The van der Waals surface area contributed by atoms with Crippen molar-refractivity contribution in [2.45, 2.75) is 19.9 Å². The molecular weight excluding hydrogens is 224 g/mol. The fraction of sp³-hybridized carbons (Fsp3) is 0.200. The maximum Gasteiger partial charge on any atom is 0.139 e. The van der Waals surface area contributed by atoms with Crippen LogP contribution >= 0.6 is 0 Å². The first-order chi connectivity index (χ1) is 8.65. The van der Waals surface area contributed by atoms with Crippen molar-refractivity contribution < 1.29 is 5.11 Å². The molecule has 3 nitrogen and oxygen atoms in total. The molecule has 0 saturated carbocycles. The van der Waals surface area contributed by atoms with Gasteiger partial charge in [0.05, 0.1) is 5.69 Å². The molecule has 3 N–H and O–H groups in total. The van der Waals surface area contributed by atoms with Crippen LogP contribution in [0.2, 0.25) is 0 Å². The maximum atomic E-state index is 9.67. The summed E-state index contributed by atoms with van der Waals surface area (Å²) in [4.78, 5) is 0. The molecule has 2 aromatic carbocycles. The lowest BCUT2D eigenvalue weighted by Gasteiger charge is -2.12. The molecule has 94 valence electrons. The molecule has 3 heteroatoms. The zero-order chi connectivity index (χ0) is 13.0. The number of benzene rings is 2. The van der Waals surface area contributed by atoms with Crippen molar-refractivity contribution in [3.05, 3.63) is 48.5 Å². The van der Waals surface area contributed by atoms with E-state index in [2.05, 4.69) is 24.5 Å². The number of phenols is 1. The van der Waals surface area contributed by atoms with Crippen molar-refractivity contribution in [3.63, 3.8) is 0 Å². The van der Waals surface area contributed by atoms with Gasteiger partial charge in [-0.2, -0.15) is 0 Å². The van der Waals surface area contributed by atoms with Gasteiger partial charge >= 0.3 is 0 Å². The number of anilines is 3. The third-order valence-corrected chi connectivity index (χ3v) is 2.52. The second kappa shape index (κ2) is 5.45. The number of rotatable bonds is 4. The molecule has 0 bridgehead atoms. The van der Waals surface area contributed by atoms with Crippen molar-refractivity contribution in [2.75, 3.05) is 10.6 Å². The van der Waals surface area contributed by atoms with Gasteiger partial charge in [-0.05, 0) is 50.2 Å². The average Bonchev–Trinajstić information content (AvgIpc) is 2.34. The zero-order valence-electron chi connectivity index (χ0n) is 10.6. The molecule has 18 heavy (non-hydrogen) atoms. The highest BCUT2D eigenvalue weighted by molar-refractivity contribution is 5.67. The largest absolute Gasteiger partial charge is 0.506 e. The first-order valence-corrected chi connectivity index (χ1v) is 6.07. The van der Waals surface area contributed by atoms with Crippen molar-refractivity contribution in [1.29, 1.82) is 0 Å². The molecular formula is C15H18N2O. The van der Waals surface area contributed by atoms with Gasteiger partial charge in [0.25, 0.3) is 0 Å². The fourth-order valence-corrected chi connectivity index (χ4v) is 1.72. The Morgan fingerprint density at radius 1 is 0.889 bits per heavy atom. The normalized spacial score (nSPS) is 10.4. The van der Waals surface area contributed by atoms with E-state index in [4.69, 9.17) is 0 Å². The third kappa shape index (κ3) is 3.17. The van der Waals surface area contributed by atoms with E-state index in [-0.39, 0.29) is 5.75 Å². The molecule has 0 saturated heterocycles.